The van der Waals surface area contributed by atoms with Gasteiger partial charge in [0.1, 0.15) is 11.5 Å². The first-order valence-electron chi connectivity index (χ1n) is 6.56. The molecule has 0 unspecified atom stereocenters. The number of anilines is 1. The zero-order valence-corrected chi connectivity index (χ0v) is 11.2. The third-order valence-corrected chi connectivity index (χ3v) is 3.71. The molecule has 0 radical (unpaired) electrons. The molecule has 0 heterocycles. The molecule has 2 rings (SSSR count). The van der Waals surface area contributed by atoms with Crippen molar-refractivity contribution in [3.8, 4) is 5.75 Å². The summed E-state index contributed by atoms with van der Waals surface area (Å²) in [7, 11) is 3.79. The first-order chi connectivity index (χ1) is 8.69. The smallest absolute Gasteiger partial charge is 0.132 e. The molecule has 1 saturated carbocycles. The van der Waals surface area contributed by atoms with Gasteiger partial charge in [0.2, 0.25) is 0 Å². The Kier molecular flexibility index (Phi) is 4.24. The zero-order chi connectivity index (χ0) is 13.0. The molecule has 1 aromatic carbocycles. The van der Waals surface area contributed by atoms with Crippen LogP contribution in [0.4, 0.5) is 5.69 Å². The van der Waals surface area contributed by atoms with Crippen LogP contribution in [0.1, 0.15) is 25.7 Å². The standard InChI is InChI=1S/C15H21NO2/c1-16(11-12-3-7-14(17)8-4-12)13-5-9-15(18-2)10-6-13/h5-6,9-10,12H,3-4,7-8,11H2,1-2H3. The Bertz CT molecular complexity index is 389. The maximum absolute atomic E-state index is 11.2. The van der Waals surface area contributed by atoms with Crippen LogP contribution in [-0.2, 0) is 4.79 Å². The number of methoxy groups -OCH3 is 1. The second-order valence-corrected chi connectivity index (χ2v) is 5.06. The molecule has 1 aliphatic carbocycles. The quantitative estimate of drug-likeness (QED) is 0.819. The van der Waals surface area contributed by atoms with Crippen molar-refractivity contribution < 1.29 is 9.53 Å². The van der Waals surface area contributed by atoms with Gasteiger partial charge in [-0.2, -0.15) is 0 Å². The van der Waals surface area contributed by atoms with E-state index in [2.05, 4.69) is 24.1 Å². The molecule has 0 saturated heterocycles. The molecule has 0 bridgehead atoms. The average molecular weight is 247 g/mol. The Hall–Kier alpha value is -1.51. The molecule has 0 spiro atoms. The number of carbonyl (C=O) groups excluding carboxylic acids is 1. The van der Waals surface area contributed by atoms with Crippen molar-refractivity contribution in [1.82, 2.24) is 0 Å². The minimum atomic E-state index is 0.429. The Labute approximate surface area is 109 Å². The maximum atomic E-state index is 11.2. The highest BCUT2D eigenvalue weighted by Crippen LogP contribution is 2.25. The maximum Gasteiger partial charge on any atom is 0.132 e. The number of rotatable bonds is 4. The van der Waals surface area contributed by atoms with Crippen LogP contribution in [-0.4, -0.2) is 26.5 Å². The van der Waals surface area contributed by atoms with Crippen LogP contribution >= 0.6 is 0 Å². The monoisotopic (exact) mass is 247 g/mol. The van der Waals surface area contributed by atoms with Gasteiger partial charge in [-0.3, -0.25) is 4.79 Å². The molecule has 1 aromatic rings. The van der Waals surface area contributed by atoms with Gasteiger partial charge in [0, 0.05) is 32.1 Å². The molecule has 18 heavy (non-hydrogen) atoms. The predicted molar refractivity (Wildman–Crippen MR) is 73.2 cm³/mol. The zero-order valence-electron chi connectivity index (χ0n) is 11.2. The number of nitrogens with zero attached hydrogens (tertiary/aromatic N) is 1. The Balaban J connectivity index is 1.90. The van der Waals surface area contributed by atoms with Gasteiger partial charge in [-0.1, -0.05) is 0 Å². The Morgan fingerprint density at radius 3 is 2.39 bits per heavy atom. The lowest BCUT2D eigenvalue weighted by Gasteiger charge is -2.28. The minimum absolute atomic E-state index is 0.429. The van der Waals surface area contributed by atoms with E-state index in [-0.39, 0.29) is 0 Å². The topological polar surface area (TPSA) is 29.5 Å². The van der Waals surface area contributed by atoms with E-state index in [1.54, 1.807) is 7.11 Å². The van der Waals surface area contributed by atoms with E-state index in [1.807, 2.05) is 12.1 Å². The van der Waals surface area contributed by atoms with Crippen molar-refractivity contribution in [3.63, 3.8) is 0 Å². The van der Waals surface area contributed by atoms with Gasteiger partial charge in [0.15, 0.2) is 0 Å². The first kappa shape index (κ1) is 12.9. The van der Waals surface area contributed by atoms with Gasteiger partial charge in [0.25, 0.3) is 0 Å². The fraction of sp³-hybridized carbons (Fsp3) is 0.533. The van der Waals surface area contributed by atoms with Crippen LogP contribution in [0.3, 0.4) is 0 Å². The van der Waals surface area contributed by atoms with Crippen LogP contribution in [0, 0.1) is 5.92 Å². The van der Waals surface area contributed by atoms with Gasteiger partial charge in [-0.15, -0.1) is 0 Å². The summed E-state index contributed by atoms with van der Waals surface area (Å²) in [6.07, 6.45) is 3.61. The molecular weight excluding hydrogens is 226 g/mol. The molecule has 1 aliphatic rings. The highest BCUT2D eigenvalue weighted by atomic mass is 16.5. The molecule has 0 N–H and O–H groups in total. The van der Waals surface area contributed by atoms with Crippen molar-refractivity contribution in [2.75, 3.05) is 25.6 Å². The summed E-state index contributed by atoms with van der Waals surface area (Å²) in [6, 6.07) is 8.12. The Morgan fingerprint density at radius 1 is 1.22 bits per heavy atom. The average Bonchev–Trinajstić information content (AvgIpc) is 2.41. The second kappa shape index (κ2) is 5.89. The largest absolute Gasteiger partial charge is 0.497 e. The summed E-state index contributed by atoms with van der Waals surface area (Å²) in [6.45, 7) is 1.03. The van der Waals surface area contributed by atoms with E-state index in [1.165, 1.54) is 5.69 Å². The van der Waals surface area contributed by atoms with Gasteiger partial charge >= 0.3 is 0 Å². The van der Waals surface area contributed by atoms with E-state index in [0.717, 1.165) is 38.0 Å². The predicted octanol–water partition coefficient (Wildman–Crippen LogP) is 2.89. The molecule has 3 nitrogen and oxygen atoms in total. The van der Waals surface area contributed by atoms with E-state index in [0.29, 0.717) is 11.7 Å². The number of ether oxygens (including phenoxy) is 1. The molecule has 0 amide bonds. The lowest BCUT2D eigenvalue weighted by atomic mass is 9.88. The fourth-order valence-electron chi connectivity index (χ4n) is 2.51. The second-order valence-electron chi connectivity index (χ2n) is 5.06. The van der Waals surface area contributed by atoms with E-state index in [4.69, 9.17) is 4.74 Å². The van der Waals surface area contributed by atoms with Crippen molar-refractivity contribution in [2.45, 2.75) is 25.7 Å². The summed E-state index contributed by atoms with van der Waals surface area (Å²) >= 11 is 0. The summed E-state index contributed by atoms with van der Waals surface area (Å²) < 4.78 is 5.15. The lowest BCUT2D eigenvalue weighted by Crippen LogP contribution is -2.28. The fourth-order valence-corrected chi connectivity index (χ4v) is 2.51. The SMILES string of the molecule is COc1ccc(N(C)CC2CCC(=O)CC2)cc1. The number of hydrogen-bond acceptors (Lipinski definition) is 3. The first-order valence-corrected chi connectivity index (χ1v) is 6.56. The summed E-state index contributed by atoms with van der Waals surface area (Å²) in [5.41, 5.74) is 1.20. The van der Waals surface area contributed by atoms with Crippen LogP contribution < -0.4 is 9.64 Å². The van der Waals surface area contributed by atoms with E-state index < -0.39 is 0 Å². The normalized spacial score (nSPS) is 16.7. The van der Waals surface area contributed by atoms with Crippen molar-refractivity contribution >= 4 is 11.5 Å². The van der Waals surface area contributed by atoms with Crippen LogP contribution in [0.15, 0.2) is 24.3 Å². The van der Waals surface area contributed by atoms with Gasteiger partial charge in [-0.25, -0.2) is 0 Å². The van der Waals surface area contributed by atoms with Crippen LogP contribution in [0.2, 0.25) is 0 Å². The number of hydrogen-bond donors (Lipinski definition) is 0. The lowest BCUT2D eigenvalue weighted by molar-refractivity contribution is -0.120. The summed E-state index contributed by atoms with van der Waals surface area (Å²) in [5, 5.41) is 0. The molecular formula is C15H21NO2. The highest BCUT2D eigenvalue weighted by molar-refractivity contribution is 5.79. The number of ketones is 1. The molecule has 0 atom stereocenters. The number of benzene rings is 1. The van der Waals surface area contributed by atoms with E-state index >= 15 is 0 Å². The molecule has 3 heteroatoms. The summed E-state index contributed by atoms with van der Waals surface area (Å²) in [5.74, 6) is 1.96. The molecule has 1 fully saturated rings. The third-order valence-electron chi connectivity index (χ3n) is 3.71. The summed E-state index contributed by atoms with van der Waals surface area (Å²) in [4.78, 5) is 13.5. The Morgan fingerprint density at radius 2 is 1.83 bits per heavy atom. The van der Waals surface area contributed by atoms with Crippen LogP contribution in [0.25, 0.3) is 0 Å². The molecule has 0 aliphatic heterocycles. The highest BCUT2D eigenvalue weighted by Gasteiger charge is 2.19. The van der Waals surface area contributed by atoms with E-state index in [9.17, 15) is 4.79 Å². The van der Waals surface area contributed by atoms with Crippen molar-refractivity contribution in [1.29, 1.82) is 0 Å². The van der Waals surface area contributed by atoms with Crippen molar-refractivity contribution in [2.24, 2.45) is 5.92 Å². The number of Topliss-reactive ketones (excluding diaryl/α,β-unsaturated/α-hetero) is 1. The third kappa shape index (κ3) is 3.25. The van der Waals surface area contributed by atoms with Crippen LogP contribution in [0.5, 0.6) is 5.75 Å². The van der Waals surface area contributed by atoms with Gasteiger partial charge in [-0.05, 0) is 43.0 Å². The number of carbonyl (C=O) groups is 1. The van der Waals surface area contributed by atoms with Gasteiger partial charge in [0.05, 0.1) is 7.11 Å². The van der Waals surface area contributed by atoms with Crippen molar-refractivity contribution in [3.05, 3.63) is 24.3 Å². The van der Waals surface area contributed by atoms with Gasteiger partial charge < -0.3 is 9.64 Å². The minimum Gasteiger partial charge on any atom is -0.497 e. The molecule has 98 valence electrons. The molecule has 0 aromatic heterocycles.